The molecule has 4 nitrogen and oxygen atoms in total. The van der Waals surface area contributed by atoms with Crippen molar-refractivity contribution in [3.05, 3.63) is 60.2 Å². The molecular weight excluding hydrogens is 314 g/mol. The molecule has 1 saturated carbocycles. The van der Waals surface area contributed by atoms with Crippen LogP contribution in [0, 0.1) is 0 Å². The van der Waals surface area contributed by atoms with Gasteiger partial charge in [-0.25, -0.2) is 0 Å². The molecule has 134 valence electrons. The van der Waals surface area contributed by atoms with Gasteiger partial charge in [0.25, 0.3) is 0 Å². The van der Waals surface area contributed by atoms with E-state index in [0.717, 1.165) is 30.8 Å². The summed E-state index contributed by atoms with van der Waals surface area (Å²) in [4.78, 5) is 0. The van der Waals surface area contributed by atoms with Gasteiger partial charge in [-0.05, 0) is 61.9 Å². The average molecular weight is 341 g/mol. The molecule has 25 heavy (non-hydrogen) atoms. The zero-order valence-electron chi connectivity index (χ0n) is 14.7. The highest BCUT2D eigenvalue weighted by atomic mass is 16.5. The number of benzene rings is 2. The van der Waals surface area contributed by atoms with E-state index in [0.29, 0.717) is 12.5 Å². The van der Waals surface area contributed by atoms with Crippen molar-refractivity contribution >= 4 is 0 Å². The maximum atomic E-state index is 9.41. The van der Waals surface area contributed by atoms with Crippen LogP contribution in [0.3, 0.4) is 0 Å². The lowest BCUT2D eigenvalue weighted by Crippen LogP contribution is -2.40. The SMILES string of the molecule is C[C@H](COc1ccccc1)Oc1ccc(C2CCC(N)(CO)C2)cc1. The van der Waals surface area contributed by atoms with E-state index in [2.05, 4.69) is 12.1 Å². The van der Waals surface area contributed by atoms with Crippen LogP contribution in [-0.2, 0) is 0 Å². The highest BCUT2D eigenvalue weighted by Crippen LogP contribution is 2.39. The summed E-state index contributed by atoms with van der Waals surface area (Å²) < 4.78 is 11.6. The number of aliphatic hydroxyl groups is 1. The Hall–Kier alpha value is -2.04. The van der Waals surface area contributed by atoms with Gasteiger partial charge in [-0.1, -0.05) is 30.3 Å². The fourth-order valence-electron chi connectivity index (χ4n) is 3.40. The minimum absolute atomic E-state index is 0.0383. The van der Waals surface area contributed by atoms with Crippen molar-refractivity contribution in [2.75, 3.05) is 13.2 Å². The molecule has 0 amide bonds. The smallest absolute Gasteiger partial charge is 0.130 e. The third-order valence-corrected chi connectivity index (χ3v) is 4.88. The maximum absolute atomic E-state index is 9.41. The van der Waals surface area contributed by atoms with Crippen LogP contribution < -0.4 is 15.2 Å². The highest BCUT2D eigenvalue weighted by molar-refractivity contribution is 5.31. The van der Waals surface area contributed by atoms with Crippen molar-refractivity contribution in [2.45, 2.75) is 43.7 Å². The zero-order valence-corrected chi connectivity index (χ0v) is 14.7. The first-order chi connectivity index (χ1) is 12.1. The van der Waals surface area contributed by atoms with Crippen LogP contribution in [0.25, 0.3) is 0 Å². The first kappa shape index (κ1) is 17.8. The van der Waals surface area contributed by atoms with Gasteiger partial charge in [-0.2, -0.15) is 0 Å². The van der Waals surface area contributed by atoms with Crippen LogP contribution in [0.4, 0.5) is 0 Å². The maximum Gasteiger partial charge on any atom is 0.130 e. The Morgan fingerprint density at radius 3 is 2.48 bits per heavy atom. The Balaban J connectivity index is 1.50. The van der Waals surface area contributed by atoms with Crippen LogP contribution >= 0.6 is 0 Å². The highest BCUT2D eigenvalue weighted by Gasteiger charge is 2.35. The number of hydrogen-bond acceptors (Lipinski definition) is 4. The summed E-state index contributed by atoms with van der Waals surface area (Å²) in [6.07, 6.45) is 2.70. The standard InChI is InChI=1S/C21H27NO3/c1-16(14-24-19-5-3-2-4-6-19)25-20-9-7-17(8-10-20)18-11-12-21(22,13-18)15-23/h2-10,16,18,23H,11-15,22H2,1H3/t16-,18?,21?/m1/s1. The van der Waals surface area contributed by atoms with Gasteiger partial charge in [0.05, 0.1) is 6.61 Å². The molecule has 0 radical (unpaired) electrons. The van der Waals surface area contributed by atoms with Crippen LogP contribution in [0.5, 0.6) is 11.5 Å². The second-order valence-corrected chi connectivity index (χ2v) is 7.08. The lowest BCUT2D eigenvalue weighted by molar-refractivity contribution is 0.143. The Morgan fingerprint density at radius 2 is 1.84 bits per heavy atom. The normalized spacial score (nSPS) is 24.0. The molecule has 0 spiro atoms. The predicted octanol–water partition coefficient (Wildman–Crippen LogP) is 3.49. The van der Waals surface area contributed by atoms with Gasteiger partial charge in [-0.15, -0.1) is 0 Å². The first-order valence-corrected chi connectivity index (χ1v) is 8.92. The number of rotatable bonds is 7. The van der Waals surface area contributed by atoms with E-state index in [-0.39, 0.29) is 12.7 Å². The molecule has 0 aromatic heterocycles. The number of aliphatic hydroxyl groups excluding tert-OH is 1. The number of nitrogens with two attached hydrogens (primary N) is 1. The molecule has 2 aromatic rings. The van der Waals surface area contributed by atoms with E-state index in [1.165, 1.54) is 5.56 Å². The van der Waals surface area contributed by atoms with E-state index >= 15 is 0 Å². The molecule has 4 heteroatoms. The van der Waals surface area contributed by atoms with Gasteiger partial charge in [0.1, 0.15) is 24.2 Å². The summed E-state index contributed by atoms with van der Waals surface area (Å²) >= 11 is 0. The molecule has 0 heterocycles. The lowest BCUT2D eigenvalue weighted by atomic mass is 9.94. The van der Waals surface area contributed by atoms with Crippen molar-refractivity contribution in [1.82, 2.24) is 0 Å². The van der Waals surface area contributed by atoms with Gasteiger partial charge >= 0.3 is 0 Å². The fourth-order valence-corrected chi connectivity index (χ4v) is 3.40. The fraction of sp³-hybridized carbons (Fsp3) is 0.429. The molecule has 3 rings (SSSR count). The van der Waals surface area contributed by atoms with Crippen LogP contribution in [0.15, 0.2) is 54.6 Å². The summed E-state index contributed by atoms with van der Waals surface area (Å²) in [7, 11) is 0. The molecule has 3 N–H and O–H groups in total. The monoisotopic (exact) mass is 341 g/mol. The Labute approximate surface area is 149 Å². The van der Waals surface area contributed by atoms with Crippen LogP contribution in [0.1, 0.15) is 37.7 Å². The Morgan fingerprint density at radius 1 is 1.12 bits per heavy atom. The minimum atomic E-state index is -0.414. The van der Waals surface area contributed by atoms with E-state index in [1.54, 1.807) is 0 Å². The van der Waals surface area contributed by atoms with Crippen molar-refractivity contribution in [3.8, 4) is 11.5 Å². The Bertz CT molecular complexity index is 659. The van der Waals surface area contributed by atoms with Crippen molar-refractivity contribution in [1.29, 1.82) is 0 Å². The first-order valence-electron chi connectivity index (χ1n) is 8.92. The van der Waals surface area contributed by atoms with E-state index in [9.17, 15) is 5.11 Å². The van der Waals surface area contributed by atoms with Crippen molar-refractivity contribution in [2.24, 2.45) is 5.73 Å². The molecular formula is C21H27NO3. The zero-order chi connectivity index (χ0) is 17.7. The lowest BCUT2D eigenvalue weighted by Gasteiger charge is -2.21. The molecule has 0 bridgehead atoms. The van der Waals surface area contributed by atoms with Gasteiger partial charge < -0.3 is 20.3 Å². The number of hydrogen-bond donors (Lipinski definition) is 2. The van der Waals surface area contributed by atoms with Crippen LogP contribution in [-0.4, -0.2) is 30.0 Å². The van der Waals surface area contributed by atoms with Crippen molar-refractivity contribution in [3.63, 3.8) is 0 Å². The summed E-state index contributed by atoms with van der Waals surface area (Å²) in [6.45, 7) is 2.56. The topological polar surface area (TPSA) is 64.7 Å². The summed E-state index contributed by atoms with van der Waals surface area (Å²) in [5.74, 6) is 2.11. The Kier molecular flexibility index (Phi) is 5.61. The largest absolute Gasteiger partial charge is 0.490 e. The van der Waals surface area contributed by atoms with Crippen molar-refractivity contribution < 1.29 is 14.6 Å². The van der Waals surface area contributed by atoms with Crippen LogP contribution in [0.2, 0.25) is 0 Å². The average Bonchev–Trinajstić information content (AvgIpc) is 3.04. The molecule has 0 saturated heterocycles. The molecule has 3 atom stereocenters. The molecule has 2 unspecified atom stereocenters. The minimum Gasteiger partial charge on any atom is -0.490 e. The molecule has 2 aromatic carbocycles. The van der Waals surface area contributed by atoms with Gasteiger partial charge in [-0.3, -0.25) is 0 Å². The van der Waals surface area contributed by atoms with Gasteiger partial charge in [0, 0.05) is 5.54 Å². The third-order valence-electron chi connectivity index (χ3n) is 4.88. The quantitative estimate of drug-likeness (QED) is 0.809. The van der Waals surface area contributed by atoms with Gasteiger partial charge in [0.15, 0.2) is 0 Å². The summed E-state index contributed by atoms with van der Waals surface area (Å²) in [5, 5.41) is 9.41. The predicted molar refractivity (Wildman–Crippen MR) is 99.1 cm³/mol. The number of para-hydroxylation sites is 1. The summed E-state index contributed by atoms with van der Waals surface area (Å²) in [5.41, 5.74) is 7.03. The second-order valence-electron chi connectivity index (χ2n) is 7.08. The number of ether oxygens (including phenoxy) is 2. The van der Waals surface area contributed by atoms with Gasteiger partial charge in [0.2, 0.25) is 0 Å². The molecule has 0 aliphatic heterocycles. The molecule has 1 aliphatic carbocycles. The van der Waals surface area contributed by atoms with E-state index in [4.69, 9.17) is 15.2 Å². The van der Waals surface area contributed by atoms with E-state index < -0.39 is 5.54 Å². The molecule has 1 aliphatic rings. The molecule has 1 fully saturated rings. The second kappa shape index (κ2) is 7.89. The summed E-state index contributed by atoms with van der Waals surface area (Å²) in [6, 6.07) is 18.0. The third kappa shape index (κ3) is 4.74. The van der Waals surface area contributed by atoms with E-state index in [1.807, 2.05) is 49.4 Å².